The molecule has 1 aliphatic rings. The van der Waals surface area contributed by atoms with Crippen LogP contribution in [0, 0.1) is 5.92 Å². The van der Waals surface area contributed by atoms with Crippen molar-refractivity contribution < 1.29 is 19.2 Å². The van der Waals surface area contributed by atoms with Gasteiger partial charge in [0.15, 0.2) is 0 Å². The first-order valence-corrected chi connectivity index (χ1v) is 11.1. The highest BCUT2D eigenvalue weighted by Gasteiger charge is 2.25. The minimum absolute atomic E-state index is 0.00869. The summed E-state index contributed by atoms with van der Waals surface area (Å²) in [5, 5.41) is 5.90. The lowest BCUT2D eigenvalue weighted by Gasteiger charge is -2.30. The van der Waals surface area contributed by atoms with Gasteiger partial charge in [-0.1, -0.05) is 13.8 Å². The summed E-state index contributed by atoms with van der Waals surface area (Å²) in [7, 11) is 0. The molecule has 1 aromatic carbocycles. The van der Waals surface area contributed by atoms with E-state index >= 15 is 0 Å². The van der Waals surface area contributed by atoms with E-state index in [9.17, 15) is 9.59 Å². The summed E-state index contributed by atoms with van der Waals surface area (Å²) in [5.74, 6) is 0.385. The monoisotopic (exact) mass is 404 g/mol. The summed E-state index contributed by atoms with van der Waals surface area (Å²) in [6, 6.07) is 7.15. The van der Waals surface area contributed by atoms with Gasteiger partial charge in [0.05, 0.1) is 25.7 Å². The van der Waals surface area contributed by atoms with E-state index in [1.807, 2.05) is 20.8 Å². The van der Waals surface area contributed by atoms with Gasteiger partial charge in [0, 0.05) is 18.5 Å². The molecule has 1 aliphatic heterocycles. The van der Waals surface area contributed by atoms with Gasteiger partial charge in [0.2, 0.25) is 5.91 Å². The fourth-order valence-electron chi connectivity index (χ4n) is 3.89. The fourth-order valence-corrected chi connectivity index (χ4v) is 3.89. The number of amides is 2. The van der Waals surface area contributed by atoms with E-state index < -0.39 is 6.04 Å². The molecular weight excluding hydrogens is 366 g/mol. The van der Waals surface area contributed by atoms with Gasteiger partial charge >= 0.3 is 0 Å². The molecule has 6 heteroatoms. The van der Waals surface area contributed by atoms with Gasteiger partial charge in [-0.25, -0.2) is 0 Å². The molecule has 0 aromatic heterocycles. The van der Waals surface area contributed by atoms with Crippen molar-refractivity contribution in [2.75, 3.05) is 26.2 Å². The largest absolute Gasteiger partial charge is 0.494 e. The molecule has 2 amide bonds. The summed E-state index contributed by atoms with van der Waals surface area (Å²) in [5.41, 5.74) is 0.523. The van der Waals surface area contributed by atoms with Gasteiger partial charge < -0.3 is 20.3 Å². The summed E-state index contributed by atoms with van der Waals surface area (Å²) >= 11 is 0. The Balaban J connectivity index is 1.81. The van der Waals surface area contributed by atoms with Crippen molar-refractivity contribution in [3.8, 4) is 5.75 Å². The van der Waals surface area contributed by atoms with E-state index in [1.54, 1.807) is 29.2 Å². The second kappa shape index (κ2) is 11.8. The van der Waals surface area contributed by atoms with Crippen LogP contribution in [-0.2, 0) is 4.79 Å². The Morgan fingerprint density at radius 2 is 1.93 bits per heavy atom. The normalized spacial score (nSPS) is 20.2. The van der Waals surface area contributed by atoms with E-state index in [2.05, 4.69) is 17.6 Å². The summed E-state index contributed by atoms with van der Waals surface area (Å²) in [4.78, 5) is 26.9. The highest BCUT2D eigenvalue weighted by molar-refractivity contribution is 5.97. The predicted octanol–water partition coefficient (Wildman–Crippen LogP) is 1.80. The smallest absolute Gasteiger partial charge is 0.251 e. The van der Waals surface area contributed by atoms with Crippen LogP contribution in [-0.4, -0.2) is 50.1 Å². The number of nitrogens with one attached hydrogen (secondary N) is 3. The number of benzene rings is 1. The number of piperidine rings is 1. The van der Waals surface area contributed by atoms with Gasteiger partial charge in [-0.3, -0.25) is 9.59 Å². The zero-order valence-electron chi connectivity index (χ0n) is 18.4. The van der Waals surface area contributed by atoms with E-state index in [1.165, 1.54) is 25.8 Å². The molecule has 0 saturated carbocycles. The summed E-state index contributed by atoms with van der Waals surface area (Å²) < 4.78 is 5.41. The Bertz CT molecular complexity index is 645. The molecular formula is C23H38N3O3+. The van der Waals surface area contributed by atoms with Gasteiger partial charge in [0.1, 0.15) is 11.8 Å². The maximum atomic E-state index is 12.7. The number of likely N-dealkylation sites (tertiary alicyclic amines) is 1. The number of rotatable bonds is 10. The molecule has 1 heterocycles. The van der Waals surface area contributed by atoms with Crippen molar-refractivity contribution in [3.63, 3.8) is 0 Å². The molecule has 6 nitrogen and oxygen atoms in total. The molecule has 2 rings (SSSR count). The number of quaternary nitrogens is 1. The Morgan fingerprint density at radius 3 is 2.55 bits per heavy atom. The average molecular weight is 405 g/mol. The topological polar surface area (TPSA) is 71.9 Å². The van der Waals surface area contributed by atoms with Crippen LogP contribution in [0.4, 0.5) is 0 Å². The Hall–Kier alpha value is -2.08. The van der Waals surface area contributed by atoms with Gasteiger partial charge in [-0.15, -0.1) is 0 Å². The summed E-state index contributed by atoms with van der Waals surface area (Å²) in [6.07, 6.45) is 4.91. The molecule has 0 aliphatic carbocycles. The minimum Gasteiger partial charge on any atom is -0.494 e. The number of hydrogen-bond acceptors (Lipinski definition) is 3. The van der Waals surface area contributed by atoms with Crippen molar-refractivity contribution in [2.45, 2.75) is 65.5 Å². The third kappa shape index (κ3) is 7.35. The molecule has 1 fully saturated rings. The predicted molar refractivity (Wildman–Crippen MR) is 115 cm³/mol. The first-order chi connectivity index (χ1) is 13.9. The lowest BCUT2D eigenvalue weighted by atomic mass is 10.0. The number of carbonyl (C=O) groups excluding carboxylic acids is 2. The van der Waals surface area contributed by atoms with E-state index in [-0.39, 0.29) is 17.7 Å². The van der Waals surface area contributed by atoms with Gasteiger partial charge in [-0.2, -0.15) is 0 Å². The van der Waals surface area contributed by atoms with Crippen LogP contribution in [0.5, 0.6) is 5.75 Å². The zero-order chi connectivity index (χ0) is 21.2. The number of ether oxygens (including phenoxy) is 1. The molecule has 3 atom stereocenters. The zero-order valence-corrected chi connectivity index (χ0v) is 18.4. The maximum Gasteiger partial charge on any atom is 0.251 e. The SMILES string of the molecule is CCOc1ccc(C(=O)N[C@H](C(=O)NCCC[NH+]2CCCC[C@H]2C)C(C)C)cc1. The van der Waals surface area contributed by atoms with Crippen LogP contribution in [0.2, 0.25) is 0 Å². The first-order valence-electron chi connectivity index (χ1n) is 11.1. The molecule has 162 valence electrons. The molecule has 1 saturated heterocycles. The molecule has 0 radical (unpaired) electrons. The third-order valence-electron chi connectivity index (χ3n) is 5.72. The van der Waals surface area contributed by atoms with Crippen molar-refractivity contribution in [3.05, 3.63) is 29.8 Å². The van der Waals surface area contributed by atoms with Gasteiger partial charge in [0.25, 0.3) is 5.91 Å². The second-order valence-electron chi connectivity index (χ2n) is 8.35. The van der Waals surface area contributed by atoms with Crippen LogP contribution in [0.15, 0.2) is 24.3 Å². The third-order valence-corrected chi connectivity index (χ3v) is 5.72. The molecule has 1 aromatic rings. The molecule has 3 N–H and O–H groups in total. The van der Waals surface area contributed by atoms with Crippen molar-refractivity contribution >= 4 is 11.8 Å². The van der Waals surface area contributed by atoms with E-state index in [4.69, 9.17) is 4.74 Å². The minimum atomic E-state index is -0.546. The van der Waals surface area contributed by atoms with Crippen LogP contribution < -0.4 is 20.3 Å². The van der Waals surface area contributed by atoms with Crippen molar-refractivity contribution in [1.29, 1.82) is 0 Å². The fraction of sp³-hybridized carbons (Fsp3) is 0.652. The maximum absolute atomic E-state index is 12.7. The van der Waals surface area contributed by atoms with Crippen molar-refractivity contribution in [2.24, 2.45) is 5.92 Å². The molecule has 0 spiro atoms. The van der Waals surface area contributed by atoms with Gasteiger partial charge in [-0.05, 0) is 63.3 Å². The van der Waals surface area contributed by atoms with Crippen LogP contribution in [0.25, 0.3) is 0 Å². The highest BCUT2D eigenvalue weighted by Crippen LogP contribution is 2.13. The number of carbonyl (C=O) groups is 2. The Morgan fingerprint density at radius 1 is 1.21 bits per heavy atom. The standard InChI is InChI=1S/C23H37N3O3/c1-5-29-20-12-10-19(11-13-20)22(27)25-21(17(2)3)23(28)24-14-8-16-26-15-7-6-9-18(26)4/h10-13,17-18,21H,5-9,14-16H2,1-4H3,(H,24,28)(H,25,27)/p+1/t18-,21+/m1/s1. The second-order valence-corrected chi connectivity index (χ2v) is 8.35. The van der Waals surface area contributed by atoms with E-state index in [0.717, 1.165) is 24.8 Å². The summed E-state index contributed by atoms with van der Waals surface area (Å²) in [6.45, 7) is 11.7. The van der Waals surface area contributed by atoms with Crippen LogP contribution in [0.3, 0.4) is 0 Å². The lowest BCUT2D eigenvalue weighted by Crippen LogP contribution is -3.16. The van der Waals surface area contributed by atoms with E-state index in [0.29, 0.717) is 18.7 Å². The van der Waals surface area contributed by atoms with Crippen LogP contribution >= 0.6 is 0 Å². The average Bonchev–Trinajstić information content (AvgIpc) is 2.71. The highest BCUT2D eigenvalue weighted by atomic mass is 16.5. The Labute approximate surface area is 175 Å². The lowest BCUT2D eigenvalue weighted by molar-refractivity contribution is -0.928. The Kier molecular flexibility index (Phi) is 9.45. The molecule has 29 heavy (non-hydrogen) atoms. The van der Waals surface area contributed by atoms with Crippen molar-refractivity contribution in [1.82, 2.24) is 10.6 Å². The molecule has 0 bridgehead atoms. The number of hydrogen-bond donors (Lipinski definition) is 3. The first kappa shape index (κ1) is 23.2. The quantitative estimate of drug-likeness (QED) is 0.521. The van der Waals surface area contributed by atoms with Crippen LogP contribution in [0.1, 0.15) is 63.7 Å². The molecule has 1 unspecified atom stereocenters.